The number of fused-ring (bicyclic) bond motifs is 2. The van der Waals surface area contributed by atoms with Gasteiger partial charge in [0.1, 0.15) is 5.82 Å². The van der Waals surface area contributed by atoms with E-state index >= 15 is 0 Å². The second-order valence-corrected chi connectivity index (χ2v) is 8.68. The first-order valence-electron chi connectivity index (χ1n) is 9.54. The lowest BCUT2D eigenvalue weighted by Crippen LogP contribution is -2.18. The molecule has 4 aromatic rings. The minimum atomic E-state index is -0.244. The van der Waals surface area contributed by atoms with Gasteiger partial charge in [-0.25, -0.2) is 4.98 Å². The van der Waals surface area contributed by atoms with Crippen LogP contribution in [0.25, 0.3) is 10.2 Å². The molecule has 0 aliphatic carbocycles. The van der Waals surface area contributed by atoms with Gasteiger partial charge in [-0.2, -0.15) is 4.98 Å². The molecule has 0 saturated heterocycles. The molecule has 1 unspecified atom stereocenters. The van der Waals surface area contributed by atoms with Gasteiger partial charge < -0.3 is 10.2 Å². The fraction of sp³-hybridized carbons (Fsp3) is 0.227. The number of nitrogens with zero attached hydrogens (tertiary/aromatic N) is 4. The maximum absolute atomic E-state index is 12.3. The molecule has 0 amide bonds. The van der Waals surface area contributed by atoms with Gasteiger partial charge in [0.25, 0.3) is 5.56 Å². The molecular weight excluding hydrogens is 382 g/mol. The Hall–Kier alpha value is -3.19. The van der Waals surface area contributed by atoms with Crippen molar-refractivity contribution in [3.05, 3.63) is 75.0 Å². The molecule has 29 heavy (non-hydrogen) atoms. The van der Waals surface area contributed by atoms with Crippen molar-refractivity contribution in [2.75, 3.05) is 23.8 Å². The predicted molar refractivity (Wildman–Crippen MR) is 119 cm³/mol. The first kappa shape index (κ1) is 17.9. The van der Waals surface area contributed by atoms with Crippen molar-refractivity contribution in [1.82, 2.24) is 14.5 Å². The zero-order chi connectivity index (χ0) is 20.1. The van der Waals surface area contributed by atoms with Crippen LogP contribution in [0, 0.1) is 13.8 Å². The first-order valence-corrected chi connectivity index (χ1v) is 10.4. The molecule has 0 bridgehead atoms. The van der Waals surface area contributed by atoms with Gasteiger partial charge in [0, 0.05) is 25.3 Å². The third-order valence-corrected chi connectivity index (χ3v) is 6.30. The largest absolute Gasteiger partial charge is 0.358 e. The second kappa shape index (κ2) is 6.70. The molecular formula is C22H21N5OS. The standard InChI is InChI=1S/C22H21N5OS/c1-13-9-17-19(29-14(2)23-17)10-16(13)24-22-25-20(28)11-21-26(3)12-18(27(21)22)15-7-5-4-6-8-15/h4-11,18H,12H2,1-3H3,(H,24,25,28). The van der Waals surface area contributed by atoms with E-state index in [-0.39, 0.29) is 11.6 Å². The van der Waals surface area contributed by atoms with Crippen LogP contribution in [-0.4, -0.2) is 28.1 Å². The van der Waals surface area contributed by atoms with Crippen molar-refractivity contribution in [2.45, 2.75) is 19.9 Å². The van der Waals surface area contributed by atoms with E-state index in [1.165, 1.54) is 5.56 Å². The van der Waals surface area contributed by atoms with Gasteiger partial charge in [-0.15, -0.1) is 11.3 Å². The molecule has 0 radical (unpaired) electrons. The molecule has 2 aromatic heterocycles. The van der Waals surface area contributed by atoms with Gasteiger partial charge in [0.05, 0.1) is 21.3 Å². The third-order valence-electron chi connectivity index (χ3n) is 5.37. The summed E-state index contributed by atoms with van der Waals surface area (Å²) in [5, 5.41) is 4.48. The first-order chi connectivity index (χ1) is 14.0. The monoisotopic (exact) mass is 403 g/mol. The lowest BCUT2D eigenvalue weighted by atomic mass is 10.1. The van der Waals surface area contributed by atoms with E-state index in [0.29, 0.717) is 5.95 Å². The van der Waals surface area contributed by atoms with Crippen LogP contribution in [0.4, 0.5) is 17.5 Å². The highest BCUT2D eigenvalue weighted by Crippen LogP contribution is 2.36. The Labute approximate surface area is 172 Å². The molecule has 1 aliphatic rings. The van der Waals surface area contributed by atoms with Gasteiger partial charge in [-0.1, -0.05) is 30.3 Å². The number of anilines is 3. The molecule has 0 spiro atoms. The lowest BCUT2D eigenvalue weighted by Gasteiger charge is -2.19. The van der Waals surface area contributed by atoms with Crippen molar-refractivity contribution in [3.8, 4) is 0 Å². The van der Waals surface area contributed by atoms with Crippen LogP contribution in [-0.2, 0) is 0 Å². The van der Waals surface area contributed by atoms with E-state index < -0.39 is 0 Å². The van der Waals surface area contributed by atoms with Crippen molar-refractivity contribution in [3.63, 3.8) is 0 Å². The average molecular weight is 404 g/mol. The summed E-state index contributed by atoms with van der Waals surface area (Å²) >= 11 is 1.66. The molecule has 3 heterocycles. The zero-order valence-corrected chi connectivity index (χ0v) is 17.3. The molecule has 1 N–H and O–H groups in total. The molecule has 0 saturated carbocycles. The number of thiazole rings is 1. The molecule has 7 heteroatoms. The van der Waals surface area contributed by atoms with E-state index in [2.05, 4.69) is 49.0 Å². The average Bonchev–Trinajstić information content (AvgIpc) is 3.21. The molecule has 6 nitrogen and oxygen atoms in total. The number of rotatable bonds is 3. The maximum Gasteiger partial charge on any atom is 0.276 e. The number of aromatic nitrogens is 3. The molecule has 0 fully saturated rings. The van der Waals surface area contributed by atoms with E-state index in [1.54, 1.807) is 17.4 Å². The summed E-state index contributed by atoms with van der Waals surface area (Å²) in [6, 6.07) is 16.2. The Kier molecular flexibility index (Phi) is 4.13. The van der Waals surface area contributed by atoms with Crippen LogP contribution in [0.2, 0.25) is 0 Å². The van der Waals surface area contributed by atoms with Crippen LogP contribution in [0.3, 0.4) is 0 Å². The Morgan fingerprint density at radius 1 is 1.10 bits per heavy atom. The van der Waals surface area contributed by atoms with Crippen LogP contribution >= 0.6 is 11.3 Å². The Bertz CT molecular complexity index is 1280. The number of hydrogen-bond donors (Lipinski definition) is 1. The minimum Gasteiger partial charge on any atom is -0.358 e. The Morgan fingerprint density at radius 2 is 1.90 bits per heavy atom. The fourth-order valence-corrected chi connectivity index (χ4v) is 4.83. The summed E-state index contributed by atoms with van der Waals surface area (Å²) < 4.78 is 3.24. The number of aryl methyl sites for hydroxylation is 2. The summed E-state index contributed by atoms with van der Waals surface area (Å²) in [5.74, 6) is 1.43. The molecule has 1 atom stereocenters. The van der Waals surface area contributed by atoms with Gasteiger partial charge in [-0.3, -0.25) is 9.36 Å². The summed E-state index contributed by atoms with van der Waals surface area (Å²) in [6.45, 7) is 4.84. The summed E-state index contributed by atoms with van der Waals surface area (Å²) in [7, 11) is 2.01. The highest BCUT2D eigenvalue weighted by atomic mass is 32.1. The number of hydrogen-bond acceptors (Lipinski definition) is 6. The second-order valence-electron chi connectivity index (χ2n) is 7.45. The normalized spacial score (nSPS) is 15.7. The summed E-state index contributed by atoms with van der Waals surface area (Å²) in [4.78, 5) is 23.3. The predicted octanol–water partition coefficient (Wildman–Crippen LogP) is 4.25. The van der Waals surface area contributed by atoms with E-state index in [0.717, 1.165) is 38.8 Å². The van der Waals surface area contributed by atoms with Crippen molar-refractivity contribution in [1.29, 1.82) is 0 Å². The Balaban J connectivity index is 1.64. The van der Waals surface area contributed by atoms with Crippen LogP contribution in [0.5, 0.6) is 0 Å². The van der Waals surface area contributed by atoms with Gasteiger partial charge in [0.15, 0.2) is 0 Å². The van der Waals surface area contributed by atoms with Crippen LogP contribution in [0.15, 0.2) is 53.3 Å². The van der Waals surface area contributed by atoms with E-state index in [4.69, 9.17) is 0 Å². The number of nitrogens with one attached hydrogen (secondary N) is 1. The SMILES string of the molecule is Cc1nc2cc(C)c(Nc3nc(=O)cc4n3C(c3ccccc3)CN4C)cc2s1. The van der Waals surface area contributed by atoms with Crippen LogP contribution in [0.1, 0.15) is 22.2 Å². The number of benzene rings is 2. The van der Waals surface area contributed by atoms with Crippen molar-refractivity contribution < 1.29 is 0 Å². The molecule has 5 rings (SSSR count). The van der Waals surface area contributed by atoms with E-state index in [9.17, 15) is 4.79 Å². The van der Waals surface area contributed by atoms with Gasteiger partial charge in [0.2, 0.25) is 5.95 Å². The summed E-state index contributed by atoms with van der Waals surface area (Å²) in [6.07, 6.45) is 0. The van der Waals surface area contributed by atoms with Crippen molar-refractivity contribution in [2.24, 2.45) is 0 Å². The molecule has 1 aliphatic heterocycles. The zero-order valence-electron chi connectivity index (χ0n) is 16.5. The topological polar surface area (TPSA) is 63.1 Å². The smallest absolute Gasteiger partial charge is 0.276 e. The summed E-state index contributed by atoms with van der Waals surface area (Å²) in [5.41, 5.74) is 3.96. The molecule has 2 aromatic carbocycles. The van der Waals surface area contributed by atoms with Gasteiger partial charge >= 0.3 is 0 Å². The van der Waals surface area contributed by atoms with Crippen molar-refractivity contribution >= 4 is 39.0 Å². The minimum absolute atomic E-state index is 0.0847. The highest BCUT2D eigenvalue weighted by molar-refractivity contribution is 7.18. The Morgan fingerprint density at radius 3 is 2.69 bits per heavy atom. The van der Waals surface area contributed by atoms with E-state index in [1.807, 2.05) is 39.1 Å². The lowest BCUT2D eigenvalue weighted by molar-refractivity contribution is 0.654. The van der Waals surface area contributed by atoms with Crippen LogP contribution < -0.4 is 15.8 Å². The van der Waals surface area contributed by atoms with Gasteiger partial charge in [-0.05, 0) is 37.1 Å². The maximum atomic E-state index is 12.3. The quantitative estimate of drug-likeness (QED) is 0.554. The fourth-order valence-electron chi connectivity index (χ4n) is 3.98. The highest BCUT2D eigenvalue weighted by Gasteiger charge is 2.30. The number of likely N-dealkylation sites (N-methyl/N-ethyl adjacent to an activating group) is 1. The molecule has 146 valence electrons. The third kappa shape index (κ3) is 3.07.